The van der Waals surface area contributed by atoms with Crippen LogP contribution in [0.5, 0.6) is 0 Å². The second kappa shape index (κ2) is 8.60. The van der Waals surface area contributed by atoms with Crippen LogP contribution in [0.15, 0.2) is 48.5 Å². The van der Waals surface area contributed by atoms with Gasteiger partial charge in [-0.2, -0.15) is 21.0 Å². The van der Waals surface area contributed by atoms with Gasteiger partial charge in [-0.1, -0.05) is 36.4 Å². The third-order valence-corrected chi connectivity index (χ3v) is 7.98. The zero-order chi connectivity index (χ0) is 21.8. The summed E-state index contributed by atoms with van der Waals surface area (Å²) in [6.07, 6.45) is 0. The van der Waals surface area contributed by atoms with Crippen molar-refractivity contribution < 1.29 is 0 Å². The van der Waals surface area contributed by atoms with E-state index in [2.05, 4.69) is 31.2 Å². The predicted molar refractivity (Wildman–Crippen MR) is 118 cm³/mol. The average Bonchev–Trinajstić information content (AvgIpc) is 2.78. The maximum Gasteiger partial charge on any atom is 0.101 e. The van der Waals surface area contributed by atoms with Crippen LogP contribution in [-0.4, -0.2) is 0 Å². The van der Waals surface area contributed by atoms with Crippen LogP contribution in [-0.2, 0) is 0 Å². The lowest BCUT2D eigenvalue weighted by Crippen LogP contribution is -2.27. The lowest BCUT2D eigenvalue weighted by molar-refractivity contribution is 1.28. The van der Waals surface area contributed by atoms with Crippen molar-refractivity contribution in [1.29, 1.82) is 21.0 Å². The lowest BCUT2D eigenvalue weighted by Gasteiger charge is -2.25. The summed E-state index contributed by atoms with van der Waals surface area (Å²) in [5.41, 5.74) is 4.62. The van der Waals surface area contributed by atoms with E-state index in [4.69, 9.17) is 0 Å². The fourth-order valence-corrected chi connectivity index (χ4v) is 6.21. The quantitative estimate of drug-likeness (QED) is 0.620. The van der Waals surface area contributed by atoms with Crippen molar-refractivity contribution in [2.75, 3.05) is 0 Å². The molecule has 0 spiro atoms. The minimum Gasteiger partial charge on any atom is -0.192 e. The van der Waals surface area contributed by atoms with E-state index in [0.29, 0.717) is 32.9 Å². The minimum absolute atomic E-state index is 0.305. The third-order valence-electron chi connectivity index (χ3n) is 5.30. The van der Waals surface area contributed by atoms with Crippen LogP contribution < -0.4 is 15.9 Å². The first-order valence-electron chi connectivity index (χ1n) is 9.21. The lowest BCUT2D eigenvalue weighted by atomic mass is 10.1. The van der Waals surface area contributed by atoms with Crippen molar-refractivity contribution >= 4 is 23.8 Å². The molecule has 0 aromatic heterocycles. The highest BCUT2D eigenvalue weighted by Crippen LogP contribution is 2.38. The number of nitriles is 4. The molecule has 0 atom stereocenters. The predicted octanol–water partition coefficient (Wildman–Crippen LogP) is 3.86. The molecule has 0 bridgehead atoms. The summed E-state index contributed by atoms with van der Waals surface area (Å²) in [6.45, 7) is 6.13. The topological polar surface area (TPSA) is 95.2 Å². The molecule has 0 fully saturated rings. The molecular weight excluding hydrogens is 387 g/mol. The Morgan fingerprint density at radius 1 is 0.567 bits per heavy atom. The molecule has 3 aromatic rings. The van der Waals surface area contributed by atoms with Gasteiger partial charge in [0.05, 0.1) is 22.3 Å². The highest BCUT2D eigenvalue weighted by Gasteiger charge is 2.27. The molecule has 0 aliphatic heterocycles. The van der Waals surface area contributed by atoms with Crippen molar-refractivity contribution in [2.45, 2.75) is 20.8 Å². The monoisotopic (exact) mass is 404 g/mol. The van der Waals surface area contributed by atoms with Gasteiger partial charge in [0.2, 0.25) is 0 Å². The van der Waals surface area contributed by atoms with Crippen LogP contribution in [0.1, 0.15) is 38.9 Å². The van der Waals surface area contributed by atoms with E-state index in [0.717, 1.165) is 22.0 Å². The number of hydrogen-bond acceptors (Lipinski definition) is 4. The maximum absolute atomic E-state index is 9.86. The standard InChI is InChI=1S/C25H17N4P/c1-16-10-11-23(18(3)17(16)2)30(24-8-4-6-19(12-26)21(24)14-28)25-9-5-7-20(13-27)22(25)15-29/h4-11H,1-3H3. The molecule has 4 nitrogen and oxygen atoms in total. The van der Waals surface area contributed by atoms with Gasteiger partial charge in [-0.15, -0.1) is 0 Å². The van der Waals surface area contributed by atoms with E-state index in [1.54, 1.807) is 24.3 Å². The van der Waals surface area contributed by atoms with Gasteiger partial charge in [-0.25, -0.2) is 0 Å². The Hall–Kier alpha value is -3.95. The molecule has 3 rings (SSSR count). The smallest absolute Gasteiger partial charge is 0.101 e. The SMILES string of the molecule is Cc1ccc(P(c2cccc(C#N)c2C#N)c2cccc(C#N)c2C#N)c(C)c1C. The number of hydrogen-bond donors (Lipinski definition) is 0. The first-order valence-corrected chi connectivity index (χ1v) is 10.6. The van der Waals surface area contributed by atoms with E-state index in [1.807, 2.05) is 38.1 Å². The van der Waals surface area contributed by atoms with E-state index >= 15 is 0 Å². The molecule has 0 radical (unpaired) electrons. The Morgan fingerprint density at radius 2 is 1.07 bits per heavy atom. The molecule has 5 heteroatoms. The summed E-state index contributed by atoms with van der Waals surface area (Å²) >= 11 is 0. The summed E-state index contributed by atoms with van der Waals surface area (Å²) in [6, 6.07) is 23.1. The Kier molecular flexibility index (Phi) is 5.95. The van der Waals surface area contributed by atoms with Gasteiger partial charge in [-0.3, -0.25) is 0 Å². The molecule has 30 heavy (non-hydrogen) atoms. The Bertz CT molecular complexity index is 1250. The van der Waals surface area contributed by atoms with Crippen LogP contribution >= 0.6 is 7.92 Å². The Morgan fingerprint density at radius 3 is 1.50 bits per heavy atom. The molecule has 0 saturated carbocycles. The van der Waals surface area contributed by atoms with Gasteiger partial charge >= 0.3 is 0 Å². The third kappa shape index (κ3) is 3.43. The first-order chi connectivity index (χ1) is 14.5. The maximum atomic E-state index is 9.86. The van der Waals surface area contributed by atoms with Crippen LogP contribution in [0.4, 0.5) is 0 Å². The molecule has 3 aromatic carbocycles. The zero-order valence-corrected chi connectivity index (χ0v) is 17.7. The van der Waals surface area contributed by atoms with Crippen molar-refractivity contribution in [3.8, 4) is 24.3 Å². The van der Waals surface area contributed by atoms with Crippen LogP contribution in [0.2, 0.25) is 0 Å². The van der Waals surface area contributed by atoms with Crippen LogP contribution in [0, 0.1) is 66.1 Å². The van der Waals surface area contributed by atoms with E-state index in [9.17, 15) is 21.0 Å². The summed E-state index contributed by atoms with van der Waals surface area (Å²) in [5.74, 6) is 0. The van der Waals surface area contributed by atoms with E-state index < -0.39 is 7.92 Å². The van der Waals surface area contributed by atoms with Crippen molar-refractivity contribution in [3.05, 3.63) is 87.5 Å². The van der Waals surface area contributed by atoms with Gasteiger partial charge in [0.1, 0.15) is 24.3 Å². The summed E-state index contributed by atoms with van der Waals surface area (Å²) in [5, 5.41) is 41.2. The molecule has 0 aliphatic carbocycles. The van der Waals surface area contributed by atoms with E-state index in [-0.39, 0.29) is 0 Å². The second-order valence-corrected chi connectivity index (χ2v) is 8.95. The number of benzene rings is 3. The molecule has 0 amide bonds. The first kappa shape index (κ1) is 20.8. The van der Waals surface area contributed by atoms with Gasteiger partial charge in [-0.05, 0) is 62.8 Å². The molecule has 0 unspecified atom stereocenters. The highest BCUT2D eigenvalue weighted by atomic mass is 31.1. The molecule has 0 heterocycles. The Labute approximate surface area is 177 Å². The fraction of sp³-hybridized carbons (Fsp3) is 0.120. The number of rotatable bonds is 3. The van der Waals surface area contributed by atoms with Gasteiger partial charge in [0.25, 0.3) is 0 Å². The normalized spacial score (nSPS) is 10.0. The summed E-state index contributed by atoms with van der Waals surface area (Å²) in [4.78, 5) is 0. The molecule has 142 valence electrons. The van der Waals surface area contributed by atoms with Crippen LogP contribution in [0.3, 0.4) is 0 Å². The molecule has 0 aliphatic rings. The largest absolute Gasteiger partial charge is 0.192 e. The fourth-order valence-electron chi connectivity index (χ4n) is 3.45. The molecular formula is C25H17N4P. The number of aryl methyl sites for hydroxylation is 1. The Balaban J connectivity index is 2.48. The van der Waals surface area contributed by atoms with Crippen molar-refractivity contribution in [2.24, 2.45) is 0 Å². The van der Waals surface area contributed by atoms with Gasteiger partial charge < -0.3 is 0 Å². The van der Waals surface area contributed by atoms with Gasteiger partial charge in [0.15, 0.2) is 0 Å². The summed E-state index contributed by atoms with van der Waals surface area (Å²) < 4.78 is 0. The van der Waals surface area contributed by atoms with Crippen molar-refractivity contribution in [1.82, 2.24) is 0 Å². The number of nitrogens with zero attached hydrogens (tertiary/aromatic N) is 4. The summed E-state index contributed by atoms with van der Waals surface area (Å²) in [7, 11) is -1.34. The second-order valence-electron chi connectivity index (χ2n) is 6.83. The average molecular weight is 404 g/mol. The highest BCUT2D eigenvalue weighted by molar-refractivity contribution is 7.80. The van der Waals surface area contributed by atoms with Gasteiger partial charge in [0, 0.05) is 10.6 Å². The molecule has 0 saturated heterocycles. The zero-order valence-electron chi connectivity index (χ0n) is 16.9. The van der Waals surface area contributed by atoms with Crippen LogP contribution in [0.25, 0.3) is 0 Å². The minimum atomic E-state index is -1.34. The van der Waals surface area contributed by atoms with E-state index in [1.165, 1.54) is 0 Å². The molecule has 0 N–H and O–H groups in total. The van der Waals surface area contributed by atoms with Crippen molar-refractivity contribution in [3.63, 3.8) is 0 Å².